The van der Waals surface area contributed by atoms with Crippen LogP contribution in [-0.2, 0) is 6.61 Å². The van der Waals surface area contributed by atoms with Crippen molar-refractivity contribution in [2.45, 2.75) is 44.6 Å². The molecule has 1 saturated carbocycles. The first kappa shape index (κ1) is 24.6. The lowest BCUT2D eigenvalue weighted by atomic mass is 9.88. The van der Waals surface area contributed by atoms with E-state index in [1.54, 1.807) is 6.21 Å². The summed E-state index contributed by atoms with van der Waals surface area (Å²) >= 11 is 3.50. The van der Waals surface area contributed by atoms with Crippen LogP contribution in [0.1, 0.15) is 55.0 Å². The summed E-state index contributed by atoms with van der Waals surface area (Å²) in [5, 5.41) is 7.47. The minimum absolute atomic E-state index is 0.153. The summed E-state index contributed by atoms with van der Waals surface area (Å²) in [7, 11) is 0. The Bertz CT molecular complexity index is 1690. The number of ether oxygens (including phenoxy) is 1. The van der Waals surface area contributed by atoms with Crippen LogP contribution < -0.4 is 10.3 Å². The molecular weight excluding hydrogens is 538 g/mol. The van der Waals surface area contributed by atoms with E-state index >= 15 is 0 Å². The summed E-state index contributed by atoms with van der Waals surface area (Å²) in [4.78, 5) is 18.8. The van der Waals surface area contributed by atoms with Crippen molar-refractivity contribution in [2.24, 2.45) is 5.10 Å². The fourth-order valence-corrected chi connectivity index (χ4v) is 5.65. The van der Waals surface area contributed by atoms with Crippen LogP contribution in [0.2, 0.25) is 0 Å². The molecule has 1 aliphatic rings. The van der Waals surface area contributed by atoms with E-state index in [-0.39, 0.29) is 11.5 Å². The summed E-state index contributed by atoms with van der Waals surface area (Å²) in [5.74, 6) is 1.68. The predicted molar refractivity (Wildman–Crippen MR) is 157 cm³/mol. The van der Waals surface area contributed by atoms with Crippen molar-refractivity contribution >= 4 is 43.8 Å². The van der Waals surface area contributed by atoms with Crippen LogP contribution in [0.15, 0.2) is 99.3 Å². The molecule has 5 aromatic rings. The number of benzene rings is 4. The zero-order chi connectivity index (χ0) is 25.9. The van der Waals surface area contributed by atoms with Gasteiger partial charge >= 0.3 is 0 Å². The van der Waals surface area contributed by atoms with Gasteiger partial charge in [0.2, 0.25) is 0 Å². The van der Waals surface area contributed by atoms with E-state index in [1.165, 1.54) is 11.1 Å². The monoisotopic (exact) mass is 565 g/mol. The Morgan fingerprint density at radius 3 is 2.55 bits per heavy atom. The number of halogens is 1. The minimum Gasteiger partial charge on any atom is -0.488 e. The molecule has 6 rings (SSSR count). The molecule has 0 amide bonds. The van der Waals surface area contributed by atoms with Crippen LogP contribution in [0.5, 0.6) is 5.75 Å². The molecule has 0 N–H and O–H groups in total. The third-order valence-corrected chi connectivity index (χ3v) is 7.77. The third kappa shape index (κ3) is 5.01. The largest absolute Gasteiger partial charge is 0.488 e. The molecule has 0 spiro atoms. The maximum atomic E-state index is 13.8. The average molecular weight is 566 g/mol. The maximum Gasteiger partial charge on any atom is 0.282 e. The van der Waals surface area contributed by atoms with Crippen molar-refractivity contribution in [1.82, 2.24) is 9.66 Å². The minimum atomic E-state index is -0.153. The van der Waals surface area contributed by atoms with Gasteiger partial charge in [-0.2, -0.15) is 9.78 Å². The van der Waals surface area contributed by atoms with Crippen LogP contribution >= 0.6 is 15.9 Å². The first-order valence-corrected chi connectivity index (χ1v) is 13.9. The van der Waals surface area contributed by atoms with Crippen molar-refractivity contribution in [3.05, 3.63) is 117 Å². The molecule has 190 valence electrons. The van der Waals surface area contributed by atoms with Crippen LogP contribution in [0, 0.1) is 0 Å². The predicted octanol–water partition coefficient (Wildman–Crippen LogP) is 7.82. The Hall–Kier alpha value is -3.77. The van der Waals surface area contributed by atoms with Crippen molar-refractivity contribution < 1.29 is 4.74 Å². The second kappa shape index (κ2) is 10.9. The summed E-state index contributed by atoms with van der Waals surface area (Å²) in [6.07, 6.45) is 7.31. The normalized spacial score (nSPS) is 14.4. The molecule has 0 saturated heterocycles. The van der Waals surface area contributed by atoms with E-state index in [0.717, 1.165) is 63.6 Å². The molecule has 0 aliphatic heterocycles. The molecule has 1 fully saturated rings. The molecule has 0 unspecified atom stereocenters. The van der Waals surface area contributed by atoms with E-state index in [1.807, 2.05) is 66.7 Å². The number of hydrogen-bond donors (Lipinski definition) is 0. The van der Waals surface area contributed by atoms with Gasteiger partial charge in [0.15, 0.2) is 0 Å². The number of aromatic nitrogens is 2. The van der Waals surface area contributed by atoms with Crippen molar-refractivity contribution in [3.8, 4) is 5.75 Å². The Labute approximate surface area is 229 Å². The van der Waals surface area contributed by atoms with E-state index < -0.39 is 0 Å². The van der Waals surface area contributed by atoms with Crippen LogP contribution in [0.3, 0.4) is 0 Å². The third-order valence-electron chi connectivity index (χ3n) is 7.27. The molecule has 1 aromatic heterocycles. The maximum absolute atomic E-state index is 13.8. The fourth-order valence-electron chi connectivity index (χ4n) is 5.29. The Kier molecular flexibility index (Phi) is 7.06. The number of hydrogen-bond acceptors (Lipinski definition) is 4. The molecule has 4 aromatic carbocycles. The molecule has 0 radical (unpaired) electrons. The van der Waals surface area contributed by atoms with Crippen LogP contribution in [-0.4, -0.2) is 15.9 Å². The van der Waals surface area contributed by atoms with Gasteiger partial charge in [-0.25, -0.2) is 4.98 Å². The van der Waals surface area contributed by atoms with Gasteiger partial charge in [-0.05, 0) is 53.4 Å². The van der Waals surface area contributed by atoms with E-state index in [4.69, 9.17) is 14.8 Å². The molecule has 0 bridgehead atoms. The first-order valence-electron chi connectivity index (χ1n) is 13.1. The van der Waals surface area contributed by atoms with Crippen molar-refractivity contribution in [1.29, 1.82) is 0 Å². The quantitative estimate of drug-likeness (QED) is 0.197. The summed E-state index contributed by atoms with van der Waals surface area (Å²) in [6, 6.07) is 28.0. The van der Waals surface area contributed by atoms with Crippen LogP contribution in [0.4, 0.5) is 0 Å². The number of fused-ring (bicyclic) bond motifs is 2. The Balaban J connectivity index is 1.48. The SMILES string of the molecule is O=c1c2cc(Br)ccc2nc(C2CCCCC2)n1N=Cc1c(OCc2ccccc2)ccc2ccccc12. The van der Waals surface area contributed by atoms with Gasteiger partial charge < -0.3 is 4.74 Å². The van der Waals surface area contributed by atoms with Crippen LogP contribution in [0.25, 0.3) is 21.7 Å². The lowest BCUT2D eigenvalue weighted by Crippen LogP contribution is -2.25. The Morgan fingerprint density at radius 1 is 0.921 bits per heavy atom. The molecule has 0 atom stereocenters. The van der Waals surface area contributed by atoms with Gasteiger partial charge in [0.05, 0.1) is 17.1 Å². The highest BCUT2D eigenvalue weighted by atomic mass is 79.9. The van der Waals surface area contributed by atoms with Crippen molar-refractivity contribution in [2.75, 3.05) is 0 Å². The lowest BCUT2D eigenvalue weighted by Gasteiger charge is -2.23. The first-order chi connectivity index (χ1) is 18.7. The zero-order valence-electron chi connectivity index (χ0n) is 21.0. The van der Waals surface area contributed by atoms with E-state index in [2.05, 4.69) is 34.1 Å². The van der Waals surface area contributed by atoms with Gasteiger partial charge in [-0.15, -0.1) is 0 Å². The van der Waals surface area contributed by atoms with Gasteiger partial charge in [0.25, 0.3) is 5.56 Å². The molecular formula is C32H28BrN3O2. The molecule has 5 nitrogen and oxygen atoms in total. The summed E-state index contributed by atoms with van der Waals surface area (Å²) < 4.78 is 8.65. The van der Waals surface area contributed by atoms with Gasteiger partial charge in [-0.3, -0.25) is 4.79 Å². The molecule has 1 heterocycles. The van der Waals surface area contributed by atoms with Crippen molar-refractivity contribution in [3.63, 3.8) is 0 Å². The zero-order valence-corrected chi connectivity index (χ0v) is 22.6. The van der Waals surface area contributed by atoms with Gasteiger partial charge in [0, 0.05) is 16.0 Å². The average Bonchev–Trinajstić information content (AvgIpc) is 2.97. The second-order valence-electron chi connectivity index (χ2n) is 9.80. The molecule has 1 aliphatic carbocycles. The highest BCUT2D eigenvalue weighted by Crippen LogP contribution is 2.32. The fraction of sp³-hybridized carbons (Fsp3) is 0.219. The lowest BCUT2D eigenvalue weighted by molar-refractivity contribution is 0.306. The summed E-state index contributed by atoms with van der Waals surface area (Å²) in [5.41, 5.74) is 2.49. The molecule has 6 heteroatoms. The highest BCUT2D eigenvalue weighted by molar-refractivity contribution is 9.10. The summed E-state index contributed by atoms with van der Waals surface area (Å²) in [6.45, 7) is 0.443. The highest BCUT2D eigenvalue weighted by Gasteiger charge is 2.22. The Morgan fingerprint density at radius 2 is 1.71 bits per heavy atom. The van der Waals surface area contributed by atoms with E-state index in [9.17, 15) is 4.79 Å². The smallest absolute Gasteiger partial charge is 0.282 e. The molecule has 38 heavy (non-hydrogen) atoms. The van der Waals surface area contributed by atoms with Gasteiger partial charge in [-0.1, -0.05) is 95.9 Å². The second-order valence-corrected chi connectivity index (χ2v) is 10.7. The standard InChI is InChI=1S/C32H28BrN3O2/c33-25-16-17-29-27(19-25)32(37)36(31(35-29)24-12-5-2-6-13-24)34-20-28-26-14-8-7-11-23(26)15-18-30(28)38-21-22-9-3-1-4-10-22/h1,3-4,7-11,14-20,24H,2,5-6,12-13,21H2. The number of nitrogens with zero attached hydrogens (tertiary/aromatic N) is 3. The topological polar surface area (TPSA) is 56.5 Å². The number of rotatable bonds is 6. The van der Waals surface area contributed by atoms with E-state index in [0.29, 0.717) is 17.5 Å². The van der Waals surface area contributed by atoms with Gasteiger partial charge in [0.1, 0.15) is 18.2 Å².